The van der Waals surface area contributed by atoms with E-state index in [1.54, 1.807) is 6.07 Å². The number of hydrogen-bond donors (Lipinski definition) is 3. The van der Waals surface area contributed by atoms with Crippen molar-refractivity contribution in [2.24, 2.45) is 0 Å². The van der Waals surface area contributed by atoms with E-state index in [1.807, 2.05) is 0 Å². The van der Waals surface area contributed by atoms with Gasteiger partial charge in [-0.2, -0.15) is 0 Å². The molecule has 8 heteroatoms. The Morgan fingerprint density at radius 3 is 2.63 bits per heavy atom. The van der Waals surface area contributed by atoms with E-state index in [2.05, 4.69) is 20.9 Å². The van der Waals surface area contributed by atoms with Crippen LogP contribution >= 0.6 is 15.9 Å². The maximum Gasteiger partial charge on any atom is 0.356 e. The van der Waals surface area contributed by atoms with Gasteiger partial charge in [-0.25, -0.2) is 14.6 Å². The van der Waals surface area contributed by atoms with Gasteiger partial charge in [0.15, 0.2) is 11.8 Å². The van der Waals surface area contributed by atoms with Gasteiger partial charge < -0.3 is 19.7 Å². The Hall–Kier alpha value is -1.93. The van der Waals surface area contributed by atoms with Gasteiger partial charge in [-0.1, -0.05) is 15.9 Å². The van der Waals surface area contributed by atoms with E-state index < -0.39 is 18.0 Å². The van der Waals surface area contributed by atoms with Crippen molar-refractivity contribution in [3.8, 4) is 0 Å². The monoisotopic (exact) mass is 328 g/mol. The summed E-state index contributed by atoms with van der Waals surface area (Å²) in [6.45, 7) is 0. The summed E-state index contributed by atoms with van der Waals surface area (Å²) in [6.07, 6.45) is 1.24. The summed E-state index contributed by atoms with van der Waals surface area (Å²) in [4.78, 5) is 25.3. The molecule has 7 nitrogen and oxygen atoms in total. The molecule has 0 saturated carbocycles. The number of carbonyl (C=O) groups is 2. The third-order valence-corrected chi connectivity index (χ3v) is 3.27. The number of hydrogen-bond acceptors (Lipinski definition) is 4. The minimum atomic E-state index is -1.52. The van der Waals surface area contributed by atoms with Gasteiger partial charge in [-0.3, -0.25) is 0 Å². The van der Waals surface area contributed by atoms with Crippen molar-refractivity contribution in [2.45, 2.75) is 12.5 Å². The molecular weight excluding hydrogens is 320 g/mol. The van der Waals surface area contributed by atoms with Gasteiger partial charge in [-0.05, 0) is 11.6 Å². The lowest BCUT2D eigenvalue weighted by atomic mass is 10.1. The fourth-order valence-corrected chi connectivity index (χ4v) is 2.07. The number of aliphatic carboxylic acids is 1. The second-order valence-electron chi connectivity index (χ2n) is 3.90. The minimum absolute atomic E-state index is 0.0908. The number of pyridine rings is 1. The van der Waals surface area contributed by atoms with Crippen LogP contribution in [-0.4, -0.2) is 42.7 Å². The number of nitrogens with zero attached hydrogens (tertiary/aromatic N) is 2. The first-order chi connectivity index (χ1) is 8.88. The fraction of sp³-hybridized carbons (Fsp3) is 0.182. The molecule has 0 spiro atoms. The minimum Gasteiger partial charge on any atom is -0.479 e. The van der Waals surface area contributed by atoms with E-state index in [4.69, 9.17) is 10.2 Å². The van der Waals surface area contributed by atoms with E-state index in [9.17, 15) is 14.7 Å². The maximum atomic E-state index is 10.8. The van der Waals surface area contributed by atoms with Crippen LogP contribution in [0.15, 0.2) is 22.9 Å². The predicted molar refractivity (Wildman–Crippen MR) is 67.2 cm³/mol. The number of carboxylic acid groups (broad SMARTS) is 2. The van der Waals surface area contributed by atoms with Gasteiger partial charge in [0.25, 0.3) is 0 Å². The van der Waals surface area contributed by atoms with Gasteiger partial charge in [0.2, 0.25) is 0 Å². The van der Waals surface area contributed by atoms with Crippen LogP contribution in [0.25, 0.3) is 5.65 Å². The summed E-state index contributed by atoms with van der Waals surface area (Å²) in [5.41, 5.74) is 0.845. The van der Waals surface area contributed by atoms with Gasteiger partial charge in [-0.15, -0.1) is 0 Å². The third kappa shape index (κ3) is 2.74. The van der Waals surface area contributed by atoms with Crippen LogP contribution in [-0.2, 0) is 11.2 Å². The van der Waals surface area contributed by atoms with Crippen LogP contribution in [0.5, 0.6) is 0 Å². The fourth-order valence-electron chi connectivity index (χ4n) is 1.60. The Bertz CT molecular complexity index is 666. The van der Waals surface area contributed by atoms with E-state index in [0.29, 0.717) is 15.7 Å². The number of aliphatic hydroxyl groups excluding tert-OH is 1. The molecule has 0 radical (unpaired) electrons. The number of aliphatic hydroxyl groups is 1. The molecule has 2 heterocycles. The highest BCUT2D eigenvalue weighted by Crippen LogP contribution is 2.21. The molecule has 2 rings (SSSR count). The van der Waals surface area contributed by atoms with Crippen molar-refractivity contribution in [3.63, 3.8) is 0 Å². The Balaban J connectivity index is 2.43. The summed E-state index contributed by atoms with van der Waals surface area (Å²) in [6, 6.07) is 1.57. The number of aromatic carboxylic acids is 1. The summed E-state index contributed by atoms with van der Waals surface area (Å²) in [7, 11) is 0. The van der Waals surface area contributed by atoms with Crippen molar-refractivity contribution < 1.29 is 24.9 Å². The average Bonchev–Trinajstić information content (AvgIpc) is 2.72. The van der Waals surface area contributed by atoms with Crippen molar-refractivity contribution in [2.75, 3.05) is 0 Å². The quantitative estimate of drug-likeness (QED) is 0.764. The molecule has 100 valence electrons. The first-order valence-corrected chi connectivity index (χ1v) is 5.99. The molecular formula is C11H9BrN2O5. The molecule has 0 fully saturated rings. The van der Waals surface area contributed by atoms with Crippen molar-refractivity contribution in [1.82, 2.24) is 9.38 Å². The standard InChI is InChI=1S/C11H9BrN2O5/c12-6-2-9-13-7(10(16)17)4-14(9)3-5(6)1-8(15)11(18)19/h2-4,8,15H,1H2,(H,16,17)(H,18,19). The van der Waals surface area contributed by atoms with Gasteiger partial charge in [0.05, 0.1) is 0 Å². The number of aromatic nitrogens is 2. The Morgan fingerprint density at radius 1 is 1.37 bits per heavy atom. The Kier molecular flexibility index (Phi) is 3.54. The lowest BCUT2D eigenvalue weighted by Gasteiger charge is -2.08. The second kappa shape index (κ2) is 4.98. The summed E-state index contributed by atoms with van der Waals surface area (Å²) >= 11 is 3.24. The van der Waals surface area contributed by atoms with Crippen molar-refractivity contribution in [3.05, 3.63) is 34.2 Å². The van der Waals surface area contributed by atoms with Crippen LogP contribution in [0.3, 0.4) is 0 Å². The zero-order valence-electron chi connectivity index (χ0n) is 9.45. The first kappa shape index (κ1) is 13.5. The molecule has 2 aromatic rings. The zero-order valence-corrected chi connectivity index (χ0v) is 11.0. The second-order valence-corrected chi connectivity index (χ2v) is 4.76. The molecule has 0 aliphatic carbocycles. The largest absolute Gasteiger partial charge is 0.479 e. The van der Waals surface area contributed by atoms with Gasteiger partial charge >= 0.3 is 11.9 Å². The molecule has 3 N–H and O–H groups in total. The smallest absolute Gasteiger partial charge is 0.356 e. The molecule has 1 atom stereocenters. The van der Waals surface area contributed by atoms with E-state index >= 15 is 0 Å². The molecule has 19 heavy (non-hydrogen) atoms. The summed E-state index contributed by atoms with van der Waals surface area (Å²) in [5.74, 6) is -2.46. The molecule has 2 aromatic heterocycles. The van der Waals surface area contributed by atoms with E-state index in [1.165, 1.54) is 16.8 Å². The van der Waals surface area contributed by atoms with Crippen molar-refractivity contribution in [1.29, 1.82) is 0 Å². The maximum absolute atomic E-state index is 10.8. The number of rotatable bonds is 4. The van der Waals surface area contributed by atoms with E-state index in [0.717, 1.165) is 0 Å². The molecule has 0 aliphatic rings. The first-order valence-electron chi connectivity index (χ1n) is 5.20. The number of halogens is 1. The highest BCUT2D eigenvalue weighted by atomic mass is 79.9. The summed E-state index contributed by atoms with van der Waals surface area (Å²) in [5, 5.41) is 26.8. The Labute approximate surface area is 115 Å². The SMILES string of the molecule is O=C(O)c1cn2cc(CC(O)C(=O)O)c(Br)cc2n1. The topological polar surface area (TPSA) is 112 Å². The van der Waals surface area contributed by atoms with Crippen LogP contribution in [0.2, 0.25) is 0 Å². The Morgan fingerprint density at radius 2 is 2.05 bits per heavy atom. The highest BCUT2D eigenvalue weighted by molar-refractivity contribution is 9.10. The molecule has 0 saturated heterocycles. The van der Waals surface area contributed by atoms with E-state index in [-0.39, 0.29) is 12.1 Å². The number of imidazole rings is 1. The lowest BCUT2D eigenvalue weighted by Crippen LogP contribution is -2.22. The zero-order chi connectivity index (χ0) is 14.2. The van der Waals surface area contributed by atoms with Crippen LogP contribution in [0, 0.1) is 0 Å². The molecule has 0 amide bonds. The number of fused-ring (bicyclic) bond motifs is 1. The molecule has 0 aromatic carbocycles. The van der Waals surface area contributed by atoms with Crippen LogP contribution in [0.4, 0.5) is 0 Å². The average molecular weight is 329 g/mol. The highest BCUT2D eigenvalue weighted by Gasteiger charge is 2.17. The molecule has 0 bridgehead atoms. The van der Waals surface area contributed by atoms with Crippen LogP contribution in [0.1, 0.15) is 16.1 Å². The third-order valence-electron chi connectivity index (χ3n) is 2.54. The van der Waals surface area contributed by atoms with Crippen molar-refractivity contribution >= 4 is 33.5 Å². The summed E-state index contributed by atoms with van der Waals surface area (Å²) < 4.78 is 2.03. The molecule has 1 unspecified atom stereocenters. The lowest BCUT2D eigenvalue weighted by molar-refractivity contribution is -0.146. The van der Waals surface area contributed by atoms with Crippen LogP contribution < -0.4 is 0 Å². The van der Waals surface area contributed by atoms with Gasteiger partial charge in [0, 0.05) is 23.3 Å². The normalized spacial score (nSPS) is 12.5. The van der Waals surface area contributed by atoms with Gasteiger partial charge in [0.1, 0.15) is 5.65 Å². The number of carboxylic acids is 2. The molecule has 0 aliphatic heterocycles. The predicted octanol–water partition coefficient (Wildman–Crippen LogP) is 0.783.